The molecule has 2 rings (SSSR count). The Bertz CT molecular complexity index is 563. The molecule has 0 radical (unpaired) electrons. The van der Waals surface area contributed by atoms with Crippen LogP contribution in [0.1, 0.15) is 13.3 Å². The number of hydrogen-bond donors (Lipinski definition) is 1. The van der Waals surface area contributed by atoms with Gasteiger partial charge in [-0.3, -0.25) is 14.5 Å². The van der Waals surface area contributed by atoms with Crippen molar-refractivity contribution in [3.63, 3.8) is 0 Å². The number of anilines is 1. The molecule has 1 aromatic rings. The van der Waals surface area contributed by atoms with Crippen LogP contribution in [0.4, 0.5) is 5.69 Å². The second kappa shape index (κ2) is 6.13. The van der Waals surface area contributed by atoms with E-state index in [1.807, 2.05) is 6.07 Å². The molecule has 5 nitrogen and oxygen atoms in total. The van der Waals surface area contributed by atoms with Crippen LogP contribution in [-0.2, 0) is 9.59 Å². The number of benzene rings is 1. The highest BCUT2D eigenvalue weighted by Gasteiger charge is 2.37. The summed E-state index contributed by atoms with van der Waals surface area (Å²) in [6.07, 6.45) is 0.178. The smallest absolute Gasteiger partial charge is 0.252 e. The van der Waals surface area contributed by atoms with Crippen molar-refractivity contribution in [1.29, 1.82) is 0 Å². The topological polar surface area (TPSA) is 58.6 Å². The van der Waals surface area contributed by atoms with Crippen LogP contribution in [0.2, 0.25) is 0 Å². The highest BCUT2D eigenvalue weighted by atomic mass is 79.9. The number of rotatable bonds is 4. The summed E-state index contributed by atoms with van der Waals surface area (Å²) in [4.78, 5) is 25.0. The molecule has 1 atom stereocenters. The number of nitrogens with one attached hydrogen (secondary N) is 1. The molecule has 1 aliphatic rings. The van der Waals surface area contributed by atoms with Crippen molar-refractivity contribution < 1.29 is 14.3 Å². The Balaban J connectivity index is 2.23. The number of hydrogen-bond acceptors (Lipinski definition) is 4. The lowest BCUT2D eigenvalue weighted by atomic mass is 10.2. The van der Waals surface area contributed by atoms with E-state index >= 15 is 0 Å². The number of halogens is 2. The van der Waals surface area contributed by atoms with Crippen LogP contribution < -0.4 is 10.1 Å². The van der Waals surface area contributed by atoms with Gasteiger partial charge < -0.3 is 10.1 Å². The molecule has 0 saturated carbocycles. The van der Waals surface area contributed by atoms with Crippen LogP contribution in [0.3, 0.4) is 0 Å². The molecule has 0 bridgehead atoms. The third-order valence-corrected chi connectivity index (χ3v) is 4.41. The van der Waals surface area contributed by atoms with E-state index in [1.165, 1.54) is 4.90 Å². The second-order valence-electron chi connectivity index (χ2n) is 4.34. The Morgan fingerprint density at radius 1 is 1.35 bits per heavy atom. The van der Waals surface area contributed by atoms with Gasteiger partial charge in [-0.25, -0.2) is 0 Å². The Morgan fingerprint density at radius 2 is 2.05 bits per heavy atom. The van der Waals surface area contributed by atoms with Crippen LogP contribution in [0, 0.1) is 0 Å². The molecule has 0 aliphatic carbocycles. The molecule has 2 amide bonds. The highest BCUT2D eigenvalue weighted by Crippen LogP contribution is 2.35. The van der Waals surface area contributed by atoms with Gasteiger partial charge in [0.2, 0.25) is 5.91 Å². The molecule has 0 spiro atoms. The van der Waals surface area contributed by atoms with Crippen LogP contribution in [0.5, 0.6) is 5.75 Å². The van der Waals surface area contributed by atoms with E-state index in [4.69, 9.17) is 4.74 Å². The quantitative estimate of drug-likeness (QED) is 0.782. The summed E-state index contributed by atoms with van der Waals surface area (Å²) in [6.45, 7) is 2.19. The first-order chi connectivity index (χ1) is 9.47. The first-order valence-electron chi connectivity index (χ1n) is 6.11. The normalized spacial score (nSPS) is 18.6. The van der Waals surface area contributed by atoms with Crippen molar-refractivity contribution in [2.24, 2.45) is 0 Å². The lowest BCUT2D eigenvalue weighted by Gasteiger charge is -2.16. The summed E-state index contributed by atoms with van der Waals surface area (Å²) in [7, 11) is 1.57. The number of ether oxygens (including phenoxy) is 1. The molecule has 0 aromatic heterocycles. The van der Waals surface area contributed by atoms with Crippen molar-refractivity contribution >= 4 is 49.4 Å². The molecule has 20 heavy (non-hydrogen) atoms. The SMILES string of the molecule is CCN1C(=O)CC(Nc2cc(OC)c(Br)cc2Br)C1=O. The largest absolute Gasteiger partial charge is 0.495 e. The first-order valence-corrected chi connectivity index (χ1v) is 7.70. The predicted molar refractivity (Wildman–Crippen MR) is 82.8 cm³/mol. The molecule has 1 unspecified atom stereocenters. The minimum atomic E-state index is -0.523. The van der Waals surface area contributed by atoms with Gasteiger partial charge in [-0.2, -0.15) is 0 Å². The molecule has 1 aliphatic heterocycles. The summed E-state index contributed by atoms with van der Waals surface area (Å²) < 4.78 is 6.82. The van der Waals surface area contributed by atoms with E-state index in [0.29, 0.717) is 18.0 Å². The number of imide groups is 1. The number of likely N-dealkylation sites (N-methyl/N-ethyl adjacent to an activating group) is 1. The number of likely N-dealkylation sites (tertiary alicyclic amines) is 1. The van der Waals surface area contributed by atoms with Crippen molar-refractivity contribution in [3.05, 3.63) is 21.1 Å². The fourth-order valence-electron chi connectivity index (χ4n) is 2.11. The van der Waals surface area contributed by atoms with Gasteiger partial charge in [0.1, 0.15) is 11.8 Å². The van der Waals surface area contributed by atoms with E-state index in [9.17, 15) is 9.59 Å². The number of nitrogens with zero attached hydrogens (tertiary/aromatic N) is 1. The summed E-state index contributed by atoms with van der Waals surface area (Å²) >= 11 is 6.81. The summed E-state index contributed by atoms with van der Waals surface area (Å²) in [6, 6.07) is 3.09. The van der Waals surface area contributed by atoms with Crippen molar-refractivity contribution in [2.75, 3.05) is 19.0 Å². The van der Waals surface area contributed by atoms with Crippen LogP contribution in [-0.4, -0.2) is 36.4 Å². The summed E-state index contributed by atoms with van der Waals surface area (Å²) in [5, 5.41) is 3.10. The van der Waals surface area contributed by atoms with E-state index in [-0.39, 0.29) is 18.2 Å². The van der Waals surface area contributed by atoms with Crippen LogP contribution in [0.15, 0.2) is 21.1 Å². The zero-order valence-corrected chi connectivity index (χ0v) is 14.2. The fourth-order valence-corrected chi connectivity index (χ4v) is 3.38. The lowest BCUT2D eigenvalue weighted by molar-refractivity contribution is -0.138. The number of amides is 2. The average Bonchev–Trinajstić information content (AvgIpc) is 2.67. The summed E-state index contributed by atoms with van der Waals surface area (Å²) in [5.41, 5.74) is 0.717. The van der Waals surface area contributed by atoms with Gasteiger partial charge in [0.15, 0.2) is 0 Å². The number of carbonyl (C=O) groups is 2. The number of carbonyl (C=O) groups excluding carboxylic acids is 2. The van der Waals surface area contributed by atoms with Gasteiger partial charge in [-0.05, 0) is 44.8 Å². The zero-order chi connectivity index (χ0) is 14.9. The maximum atomic E-state index is 12.1. The van der Waals surface area contributed by atoms with E-state index < -0.39 is 6.04 Å². The average molecular weight is 406 g/mol. The molecule has 1 saturated heterocycles. The highest BCUT2D eigenvalue weighted by molar-refractivity contribution is 9.11. The molecule has 7 heteroatoms. The lowest BCUT2D eigenvalue weighted by Crippen LogP contribution is -2.34. The van der Waals surface area contributed by atoms with Gasteiger partial charge in [0.05, 0.1) is 23.7 Å². The van der Waals surface area contributed by atoms with Gasteiger partial charge >= 0.3 is 0 Å². The summed E-state index contributed by atoms with van der Waals surface area (Å²) in [5.74, 6) is 0.321. The Morgan fingerprint density at radius 3 is 2.60 bits per heavy atom. The van der Waals surface area contributed by atoms with E-state index in [0.717, 1.165) is 8.95 Å². The molecular formula is C13H14Br2N2O3. The third kappa shape index (κ3) is 2.83. The Hall–Kier alpha value is -1.08. The predicted octanol–water partition coefficient (Wildman–Crippen LogP) is 2.78. The molecule has 1 fully saturated rings. The van der Waals surface area contributed by atoms with Crippen molar-refractivity contribution in [2.45, 2.75) is 19.4 Å². The molecule has 1 N–H and O–H groups in total. The van der Waals surface area contributed by atoms with E-state index in [1.54, 1.807) is 20.1 Å². The maximum Gasteiger partial charge on any atom is 0.252 e. The Kier molecular flexibility index (Phi) is 4.70. The monoisotopic (exact) mass is 404 g/mol. The van der Waals surface area contributed by atoms with Gasteiger partial charge in [-0.15, -0.1) is 0 Å². The number of methoxy groups -OCH3 is 1. The first kappa shape index (κ1) is 15.3. The minimum absolute atomic E-state index is 0.143. The standard InChI is InChI=1S/C13H14Br2N2O3/c1-3-17-12(18)6-10(13(17)19)16-9-5-11(20-2)8(15)4-7(9)14/h4-5,10,16H,3,6H2,1-2H3. The van der Waals surface area contributed by atoms with Gasteiger partial charge in [0.25, 0.3) is 5.91 Å². The molecule has 1 aromatic carbocycles. The van der Waals surface area contributed by atoms with Crippen LogP contribution in [0.25, 0.3) is 0 Å². The fraction of sp³-hybridized carbons (Fsp3) is 0.385. The molecule has 108 valence electrons. The van der Waals surface area contributed by atoms with Gasteiger partial charge in [0, 0.05) is 17.1 Å². The van der Waals surface area contributed by atoms with E-state index in [2.05, 4.69) is 37.2 Å². The van der Waals surface area contributed by atoms with Gasteiger partial charge in [-0.1, -0.05) is 0 Å². The molecular weight excluding hydrogens is 392 g/mol. The molecule has 1 heterocycles. The van der Waals surface area contributed by atoms with Crippen LogP contribution >= 0.6 is 31.9 Å². The third-order valence-electron chi connectivity index (χ3n) is 3.13. The van der Waals surface area contributed by atoms with Crippen molar-refractivity contribution in [1.82, 2.24) is 4.90 Å². The minimum Gasteiger partial charge on any atom is -0.495 e. The second-order valence-corrected chi connectivity index (χ2v) is 6.05. The maximum absolute atomic E-state index is 12.1. The Labute approximate surface area is 133 Å². The van der Waals surface area contributed by atoms with Crippen molar-refractivity contribution in [3.8, 4) is 5.75 Å². The zero-order valence-electron chi connectivity index (χ0n) is 11.1.